The SMILES string of the molecule is CCCCC/C=C\C/C=C\CCCCCCCCCC(=O)OC(COC(=O)CCCCCCC/C=C\C/C=C\CCCCCC)COC(=O)CCCCCCCCCCCCCCCCCCCCCCCCCCCC. The monoisotopic (exact) mass is 1080 g/mol. The van der Waals surface area contributed by atoms with Crippen molar-refractivity contribution in [1.29, 1.82) is 0 Å². The molecule has 0 aromatic heterocycles. The van der Waals surface area contributed by atoms with E-state index in [0.717, 1.165) is 89.9 Å². The predicted molar refractivity (Wildman–Crippen MR) is 335 cm³/mol. The summed E-state index contributed by atoms with van der Waals surface area (Å²) < 4.78 is 17.0. The van der Waals surface area contributed by atoms with Crippen molar-refractivity contribution in [2.45, 2.75) is 374 Å². The molecule has 0 aromatic rings. The highest BCUT2D eigenvalue weighted by Gasteiger charge is 2.19. The zero-order valence-electron chi connectivity index (χ0n) is 51.7. The van der Waals surface area contributed by atoms with Crippen LogP contribution >= 0.6 is 0 Å². The van der Waals surface area contributed by atoms with Gasteiger partial charge in [-0.1, -0.05) is 313 Å². The second-order valence-corrected chi connectivity index (χ2v) is 23.1. The van der Waals surface area contributed by atoms with Crippen LogP contribution in [-0.4, -0.2) is 37.2 Å². The van der Waals surface area contributed by atoms with Crippen molar-refractivity contribution in [3.63, 3.8) is 0 Å². The van der Waals surface area contributed by atoms with Crippen molar-refractivity contribution in [3.05, 3.63) is 48.6 Å². The summed E-state index contributed by atoms with van der Waals surface area (Å²) in [5, 5.41) is 0. The Morgan fingerprint density at radius 1 is 0.260 bits per heavy atom. The molecule has 0 amide bonds. The molecule has 0 bridgehead atoms. The van der Waals surface area contributed by atoms with E-state index >= 15 is 0 Å². The van der Waals surface area contributed by atoms with Crippen molar-refractivity contribution < 1.29 is 28.6 Å². The van der Waals surface area contributed by atoms with E-state index < -0.39 is 6.10 Å². The lowest BCUT2D eigenvalue weighted by molar-refractivity contribution is -0.167. The average molecular weight is 1080 g/mol. The number of carbonyl (C=O) groups is 3. The lowest BCUT2D eigenvalue weighted by Crippen LogP contribution is -2.30. The first-order chi connectivity index (χ1) is 38.0. The third-order valence-electron chi connectivity index (χ3n) is 15.3. The molecule has 6 heteroatoms. The topological polar surface area (TPSA) is 78.9 Å². The number of esters is 3. The van der Waals surface area contributed by atoms with Crippen LogP contribution in [0.1, 0.15) is 367 Å². The standard InChI is InChI=1S/C71H130O6/c1-4-7-10-13-16-19-22-25-28-31-32-33-34-35-36-37-38-39-41-43-46-49-52-55-58-61-64-70(73)76-67-68(66-75-69(72)63-60-57-54-51-48-45-42-30-27-24-21-18-15-12-9-6-3)77-71(74)65-62-59-56-53-50-47-44-40-29-26-23-20-17-14-11-8-5-2/h17,20-21,24,26,29-30,42,68H,4-16,18-19,22-23,25,27-28,31-41,43-67H2,1-3H3/b20-17-,24-21-,29-26-,42-30-. The second kappa shape index (κ2) is 65.9. The molecule has 6 nitrogen and oxygen atoms in total. The van der Waals surface area contributed by atoms with Crippen molar-refractivity contribution in [2.24, 2.45) is 0 Å². The second-order valence-electron chi connectivity index (χ2n) is 23.1. The Labute approximate surface area is 479 Å². The summed E-state index contributed by atoms with van der Waals surface area (Å²) in [6.07, 6.45) is 82.7. The average Bonchev–Trinajstić information content (AvgIpc) is 3.43. The van der Waals surface area contributed by atoms with E-state index in [0.29, 0.717) is 19.3 Å². The predicted octanol–water partition coefficient (Wildman–Crippen LogP) is 23.3. The molecule has 0 saturated carbocycles. The van der Waals surface area contributed by atoms with E-state index in [1.165, 1.54) is 238 Å². The maximum absolute atomic E-state index is 12.9. The van der Waals surface area contributed by atoms with Gasteiger partial charge in [0, 0.05) is 19.3 Å². The molecular formula is C71H130O6. The van der Waals surface area contributed by atoms with Gasteiger partial charge in [0.2, 0.25) is 0 Å². The molecule has 0 N–H and O–H groups in total. The third kappa shape index (κ3) is 64.1. The van der Waals surface area contributed by atoms with E-state index in [9.17, 15) is 14.4 Å². The van der Waals surface area contributed by atoms with E-state index in [1.54, 1.807) is 0 Å². The van der Waals surface area contributed by atoms with Gasteiger partial charge in [0.05, 0.1) is 0 Å². The molecule has 1 unspecified atom stereocenters. The molecule has 0 saturated heterocycles. The number of hydrogen-bond acceptors (Lipinski definition) is 6. The zero-order valence-corrected chi connectivity index (χ0v) is 51.7. The molecule has 0 rings (SSSR count). The van der Waals surface area contributed by atoms with Gasteiger partial charge in [-0.2, -0.15) is 0 Å². The largest absolute Gasteiger partial charge is 0.462 e. The summed E-state index contributed by atoms with van der Waals surface area (Å²) in [6, 6.07) is 0. The summed E-state index contributed by atoms with van der Waals surface area (Å²) in [5.74, 6) is -0.876. The van der Waals surface area contributed by atoms with E-state index in [-0.39, 0.29) is 31.1 Å². The fourth-order valence-corrected chi connectivity index (χ4v) is 10.2. The number of ether oxygens (including phenoxy) is 3. The van der Waals surface area contributed by atoms with Crippen LogP contribution in [0.4, 0.5) is 0 Å². The van der Waals surface area contributed by atoms with Gasteiger partial charge in [0.1, 0.15) is 13.2 Å². The number of rotatable bonds is 63. The van der Waals surface area contributed by atoms with Gasteiger partial charge < -0.3 is 14.2 Å². The highest BCUT2D eigenvalue weighted by Crippen LogP contribution is 2.18. The Bertz CT molecular complexity index is 1330. The number of carbonyl (C=O) groups excluding carboxylic acids is 3. The lowest BCUT2D eigenvalue weighted by atomic mass is 10.0. The van der Waals surface area contributed by atoms with E-state index in [2.05, 4.69) is 69.4 Å². The van der Waals surface area contributed by atoms with E-state index in [4.69, 9.17) is 14.2 Å². The minimum atomic E-state index is -0.783. The highest BCUT2D eigenvalue weighted by atomic mass is 16.6. The minimum absolute atomic E-state index is 0.0773. The molecule has 77 heavy (non-hydrogen) atoms. The first-order valence-corrected chi connectivity index (χ1v) is 34.1. The maximum Gasteiger partial charge on any atom is 0.306 e. The fraction of sp³-hybridized carbons (Fsp3) is 0.845. The molecule has 0 aliphatic carbocycles. The molecule has 0 aromatic carbocycles. The fourth-order valence-electron chi connectivity index (χ4n) is 10.2. The first kappa shape index (κ1) is 74.4. The zero-order chi connectivity index (χ0) is 55.7. The smallest absolute Gasteiger partial charge is 0.306 e. The van der Waals surface area contributed by atoms with Gasteiger partial charge in [-0.25, -0.2) is 0 Å². The summed E-state index contributed by atoms with van der Waals surface area (Å²) in [4.78, 5) is 38.4. The van der Waals surface area contributed by atoms with Crippen molar-refractivity contribution in [3.8, 4) is 0 Å². The van der Waals surface area contributed by atoms with Crippen LogP contribution in [0.25, 0.3) is 0 Å². The van der Waals surface area contributed by atoms with Crippen LogP contribution in [0.3, 0.4) is 0 Å². The first-order valence-electron chi connectivity index (χ1n) is 34.1. The van der Waals surface area contributed by atoms with Crippen molar-refractivity contribution in [2.75, 3.05) is 13.2 Å². The number of allylic oxidation sites excluding steroid dienone is 8. The van der Waals surface area contributed by atoms with Crippen molar-refractivity contribution >= 4 is 17.9 Å². The van der Waals surface area contributed by atoms with Crippen molar-refractivity contribution in [1.82, 2.24) is 0 Å². The van der Waals surface area contributed by atoms with Crippen LogP contribution in [0.15, 0.2) is 48.6 Å². The van der Waals surface area contributed by atoms with E-state index in [1.807, 2.05) is 0 Å². The number of hydrogen-bond donors (Lipinski definition) is 0. The van der Waals surface area contributed by atoms with Gasteiger partial charge in [0.15, 0.2) is 6.10 Å². The number of unbranched alkanes of at least 4 members (excludes halogenated alkanes) is 44. The lowest BCUT2D eigenvalue weighted by Gasteiger charge is -2.18. The normalized spacial score (nSPS) is 12.3. The Balaban J connectivity index is 4.27. The minimum Gasteiger partial charge on any atom is -0.462 e. The Hall–Kier alpha value is -2.63. The van der Waals surface area contributed by atoms with Crippen LogP contribution in [0.2, 0.25) is 0 Å². The molecule has 0 aliphatic heterocycles. The maximum atomic E-state index is 12.9. The van der Waals surface area contributed by atoms with Gasteiger partial charge in [-0.15, -0.1) is 0 Å². The van der Waals surface area contributed by atoms with Gasteiger partial charge in [0.25, 0.3) is 0 Å². The van der Waals surface area contributed by atoms with Gasteiger partial charge >= 0.3 is 17.9 Å². The third-order valence-corrected chi connectivity index (χ3v) is 15.3. The highest BCUT2D eigenvalue weighted by molar-refractivity contribution is 5.71. The Morgan fingerprint density at radius 2 is 0.468 bits per heavy atom. The Kier molecular flexibility index (Phi) is 63.6. The van der Waals surface area contributed by atoms with Crippen LogP contribution in [0, 0.1) is 0 Å². The molecule has 0 heterocycles. The van der Waals surface area contributed by atoms with Gasteiger partial charge in [-0.3, -0.25) is 14.4 Å². The molecule has 0 spiro atoms. The summed E-state index contributed by atoms with van der Waals surface area (Å²) in [5.41, 5.74) is 0. The summed E-state index contributed by atoms with van der Waals surface area (Å²) in [6.45, 7) is 6.64. The molecule has 0 radical (unpaired) electrons. The molecule has 0 aliphatic rings. The molecular weight excluding hydrogens is 949 g/mol. The van der Waals surface area contributed by atoms with Crippen LogP contribution in [0.5, 0.6) is 0 Å². The van der Waals surface area contributed by atoms with Gasteiger partial charge in [-0.05, 0) is 83.5 Å². The summed E-state index contributed by atoms with van der Waals surface area (Å²) >= 11 is 0. The molecule has 1 atom stereocenters. The Morgan fingerprint density at radius 3 is 0.753 bits per heavy atom. The van der Waals surface area contributed by atoms with Crippen LogP contribution in [-0.2, 0) is 28.6 Å². The molecule has 0 fully saturated rings. The van der Waals surface area contributed by atoms with Crippen LogP contribution < -0.4 is 0 Å². The molecule has 450 valence electrons. The quantitative estimate of drug-likeness (QED) is 0.0261. The summed E-state index contributed by atoms with van der Waals surface area (Å²) in [7, 11) is 0.